The van der Waals surface area contributed by atoms with Crippen LogP contribution in [-0.4, -0.2) is 22.2 Å². The molecular formula is C26H33N3O4S. The molecule has 0 spiro atoms. The molecule has 1 atom stereocenters. The minimum Gasteiger partial charge on any atom is -0.497 e. The van der Waals surface area contributed by atoms with Crippen LogP contribution >= 0.6 is 11.3 Å². The molecule has 0 aliphatic heterocycles. The largest absolute Gasteiger partial charge is 0.497 e. The molecule has 2 heterocycles. The summed E-state index contributed by atoms with van der Waals surface area (Å²) in [7, 11) is 3.25. The SMILES string of the molecule is COc1ccc(CNC(=O)c2cc3c(=O)n(CC[C@@H](C)CCC=C(C)C)c(=O)n(C)c3s2)cc1. The van der Waals surface area contributed by atoms with Gasteiger partial charge in [-0.3, -0.25) is 18.7 Å². The van der Waals surface area contributed by atoms with Crippen molar-refractivity contribution in [2.24, 2.45) is 13.0 Å². The molecule has 0 aliphatic rings. The zero-order valence-corrected chi connectivity index (χ0v) is 21.3. The van der Waals surface area contributed by atoms with Gasteiger partial charge in [0.05, 0.1) is 17.4 Å². The Labute approximate surface area is 203 Å². The van der Waals surface area contributed by atoms with Crippen molar-refractivity contribution in [1.82, 2.24) is 14.5 Å². The third-order valence-electron chi connectivity index (χ3n) is 5.90. The average molecular weight is 484 g/mol. The van der Waals surface area contributed by atoms with Crippen LogP contribution in [0.25, 0.3) is 10.2 Å². The highest BCUT2D eigenvalue weighted by Crippen LogP contribution is 2.22. The van der Waals surface area contributed by atoms with Crippen molar-refractivity contribution in [2.45, 2.75) is 53.1 Å². The number of nitrogens with zero attached hydrogens (tertiary/aromatic N) is 2. The van der Waals surface area contributed by atoms with Gasteiger partial charge in [-0.15, -0.1) is 11.3 Å². The first-order valence-corrected chi connectivity index (χ1v) is 12.3. The number of aromatic nitrogens is 2. The first-order chi connectivity index (χ1) is 16.2. The molecule has 7 nitrogen and oxygen atoms in total. The molecule has 0 radical (unpaired) electrons. The number of thiophene rings is 1. The summed E-state index contributed by atoms with van der Waals surface area (Å²) in [4.78, 5) is 39.6. The average Bonchev–Trinajstić information content (AvgIpc) is 3.27. The molecule has 0 fully saturated rings. The summed E-state index contributed by atoms with van der Waals surface area (Å²) in [5.41, 5.74) is 1.55. The number of methoxy groups -OCH3 is 1. The van der Waals surface area contributed by atoms with Crippen LogP contribution in [0.3, 0.4) is 0 Å². The standard InChI is InChI=1S/C26H33N3O4S/c1-17(2)7-6-8-18(3)13-14-29-24(31)21-15-22(34-25(21)28(4)26(29)32)23(30)27-16-19-9-11-20(33-5)12-10-19/h7,9-12,15,18H,6,8,13-14,16H2,1-5H3,(H,27,30)/t18-/m0/s1. The number of hydrogen-bond acceptors (Lipinski definition) is 5. The molecule has 182 valence electrons. The van der Waals surface area contributed by atoms with Crippen molar-refractivity contribution in [3.63, 3.8) is 0 Å². The Balaban J connectivity index is 1.75. The molecule has 1 amide bonds. The van der Waals surface area contributed by atoms with Gasteiger partial charge < -0.3 is 10.1 Å². The monoisotopic (exact) mass is 483 g/mol. The molecule has 3 rings (SSSR count). The van der Waals surface area contributed by atoms with E-state index < -0.39 is 0 Å². The van der Waals surface area contributed by atoms with Crippen LogP contribution in [0.1, 0.15) is 55.3 Å². The van der Waals surface area contributed by atoms with E-state index in [1.807, 2.05) is 24.3 Å². The summed E-state index contributed by atoms with van der Waals surface area (Å²) >= 11 is 1.16. The predicted molar refractivity (Wildman–Crippen MR) is 138 cm³/mol. The molecule has 34 heavy (non-hydrogen) atoms. The van der Waals surface area contributed by atoms with E-state index in [-0.39, 0.29) is 17.2 Å². The second-order valence-electron chi connectivity index (χ2n) is 8.91. The van der Waals surface area contributed by atoms with E-state index in [4.69, 9.17) is 4.74 Å². The van der Waals surface area contributed by atoms with Crippen LogP contribution in [0.5, 0.6) is 5.75 Å². The quantitative estimate of drug-likeness (QED) is 0.431. The second kappa shape index (κ2) is 11.3. The third kappa shape index (κ3) is 6.05. The number of rotatable bonds is 10. The lowest BCUT2D eigenvalue weighted by Gasteiger charge is -2.12. The van der Waals surface area contributed by atoms with Crippen LogP contribution < -0.4 is 21.3 Å². The summed E-state index contributed by atoms with van der Waals surface area (Å²) in [6, 6.07) is 9.03. The van der Waals surface area contributed by atoms with E-state index >= 15 is 0 Å². The Morgan fingerprint density at radius 3 is 2.53 bits per heavy atom. The molecule has 3 aromatic rings. The van der Waals surface area contributed by atoms with E-state index in [1.165, 1.54) is 14.7 Å². The van der Waals surface area contributed by atoms with Gasteiger partial charge in [0.2, 0.25) is 0 Å². The van der Waals surface area contributed by atoms with Gasteiger partial charge in [-0.2, -0.15) is 0 Å². The van der Waals surface area contributed by atoms with Crippen molar-refractivity contribution in [1.29, 1.82) is 0 Å². The molecule has 8 heteroatoms. The van der Waals surface area contributed by atoms with Gasteiger partial charge in [0, 0.05) is 20.1 Å². The topological polar surface area (TPSA) is 82.3 Å². The van der Waals surface area contributed by atoms with E-state index in [0.29, 0.717) is 34.1 Å². The molecule has 0 saturated heterocycles. The Morgan fingerprint density at radius 1 is 1.18 bits per heavy atom. The summed E-state index contributed by atoms with van der Waals surface area (Å²) in [6.45, 7) is 7.02. The number of carbonyl (C=O) groups excluding carboxylic acids is 1. The number of fused-ring (bicyclic) bond motifs is 1. The number of allylic oxidation sites excluding steroid dienone is 2. The summed E-state index contributed by atoms with van der Waals surface area (Å²) in [5.74, 6) is 0.868. The zero-order valence-electron chi connectivity index (χ0n) is 20.5. The first-order valence-electron chi connectivity index (χ1n) is 11.5. The van der Waals surface area contributed by atoms with E-state index in [2.05, 4.69) is 32.2 Å². The first kappa shape index (κ1) is 25.5. The van der Waals surface area contributed by atoms with Crippen molar-refractivity contribution < 1.29 is 9.53 Å². The highest BCUT2D eigenvalue weighted by atomic mass is 32.1. The normalized spacial score (nSPS) is 11.9. The number of aryl methyl sites for hydroxylation is 1. The molecule has 0 unspecified atom stereocenters. The van der Waals surface area contributed by atoms with E-state index in [9.17, 15) is 14.4 Å². The summed E-state index contributed by atoms with van der Waals surface area (Å²) in [6.07, 6.45) is 4.96. The van der Waals surface area contributed by atoms with Gasteiger partial charge in [-0.25, -0.2) is 4.79 Å². The zero-order chi connectivity index (χ0) is 24.8. The second-order valence-corrected chi connectivity index (χ2v) is 9.94. The lowest BCUT2D eigenvalue weighted by atomic mass is 10.0. The van der Waals surface area contributed by atoms with Gasteiger partial charge in [-0.1, -0.05) is 30.7 Å². The number of benzene rings is 1. The predicted octanol–water partition coefficient (Wildman–Crippen LogP) is 4.47. The third-order valence-corrected chi connectivity index (χ3v) is 7.11. The van der Waals surface area contributed by atoms with Gasteiger partial charge in [0.1, 0.15) is 10.6 Å². The molecule has 1 N–H and O–H groups in total. The number of nitrogens with one attached hydrogen (secondary N) is 1. The van der Waals surface area contributed by atoms with Crippen molar-refractivity contribution in [3.05, 3.63) is 73.3 Å². The van der Waals surface area contributed by atoms with Crippen molar-refractivity contribution in [2.75, 3.05) is 7.11 Å². The maximum atomic E-state index is 13.1. The van der Waals surface area contributed by atoms with Crippen LogP contribution in [0.2, 0.25) is 0 Å². The number of carbonyl (C=O) groups is 1. The van der Waals surface area contributed by atoms with Crippen LogP contribution in [0.15, 0.2) is 51.6 Å². The number of hydrogen-bond donors (Lipinski definition) is 1. The lowest BCUT2D eigenvalue weighted by molar-refractivity contribution is 0.0955. The van der Waals surface area contributed by atoms with E-state index in [0.717, 1.165) is 41.9 Å². The van der Waals surface area contributed by atoms with Crippen molar-refractivity contribution in [3.8, 4) is 5.75 Å². The minimum absolute atomic E-state index is 0.275. The van der Waals surface area contributed by atoms with Crippen LogP contribution in [0, 0.1) is 5.92 Å². The molecule has 0 aliphatic carbocycles. The van der Waals surface area contributed by atoms with Gasteiger partial charge in [-0.05, 0) is 62.8 Å². The molecule has 0 saturated carbocycles. The fraction of sp³-hybridized carbons (Fsp3) is 0.423. The van der Waals surface area contributed by atoms with Crippen molar-refractivity contribution >= 4 is 27.5 Å². The highest BCUT2D eigenvalue weighted by molar-refractivity contribution is 7.20. The van der Waals surface area contributed by atoms with E-state index in [1.54, 1.807) is 20.2 Å². The van der Waals surface area contributed by atoms with Crippen LogP contribution in [0.4, 0.5) is 0 Å². The molecule has 0 bridgehead atoms. The molecule has 2 aromatic heterocycles. The Kier molecular flexibility index (Phi) is 8.50. The summed E-state index contributed by atoms with van der Waals surface area (Å²) < 4.78 is 7.91. The Hall–Kier alpha value is -3.13. The molecule has 1 aromatic carbocycles. The van der Waals surface area contributed by atoms with Gasteiger partial charge in [0.15, 0.2) is 0 Å². The fourth-order valence-corrected chi connectivity index (χ4v) is 4.78. The maximum Gasteiger partial charge on any atom is 0.331 e. The molecular weight excluding hydrogens is 450 g/mol. The minimum atomic E-state index is -0.346. The van der Waals surface area contributed by atoms with Gasteiger partial charge in [0.25, 0.3) is 11.5 Å². The fourth-order valence-electron chi connectivity index (χ4n) is 3.76. The lowest BCUT2D eigenvalue weighted by Crippen LogP contribution is -2.38. The smallest absolute Gasteiger partial charge is 0.331 e. The summed E-state index contributed by atoms with van der Waals surface area (Å²) in [5, 5.41) is 3.28. The maximum absolute atomic E-state index is 13.1. The highest BCUT2D eigenvalue weighted by Gasteiger charge is 2.18. The van der Waals surface area contributed by atoms with Crippen LogP contribution in [-0.2, 0) is 20.1 Å². The Morgan fingerprint density at radius 2 is 1.88 bits per heavy atom. The number of amides is 1. The number of ether oxygens (including phenoxy) is 1. The van der Waals surface area contributed by atoms with Gasteiger partial charge >= 0.3 is 5.69 Å². The Bertz CT molecular complexity index is 1290.